The smallest absolute Gasteiger partial charge is 0.227 e. The molecule has 1 aromatic heterocycles. The number of rotatable bonds is 5. The number of carbonyl (C=O) groups is 2. The number of piperazine rings is 1. The lowest BCUT2D eigenvalue weighted by Crippen LogP contribution is -2.50. The van der Waals surface area contributed by atoms with E-state index in [0.717, 1.165) is 5.56 Å². The van der Waals surface area contributed by atoms with E-state index in [4.69, 9.17) is 4.42 Å². The second-order valence-electron chi connectivity index (χ2n) is 5.72. The van der Waals surface area contributed by atoms with Gasteiger partial charge in [0.15, 0.2) is 5.76 Å². The van der Waals surface area contributed by atoms with Gasteiger partial charge in [0.1, 0.15) is 0 Å². The van der Waals surface area contributed by atoms with E-state index in [1.54, 1.807) is 12.1 Å². The average Bonchev–Trinajstić information content (AvgIpc) is 3.11. The maximum absolute atomic E-state index is 12.3. The van der Waals surface area contributed by atoms with Crippen LogP contribution in [-0.4, -0.2) is 54.2 Å². The Morgan fingerprint density at radius 1 is 0.957 bits per heavy atom. The van der Waals surface area contributed by atoms with E-state index in [1.807, 2.05) is 35.2 Å². The lowest BCUT2D eigenvalue weighted by atomic mass is 10.1. The SMILES string of the molecule is O=C(CN1CCN(C(=O)Cc2ccccc2)CC1)c1ccco1. The highest BCUT2D eigenvalue weighted by molar-refractivity contribution is 5.95. The number of benzene rings is 1. The molecule has 0 saturated carbocycles. The van der Waals surface area contributed by atoms with Crippen LogP contribution >= 0.6 is 0 Å². The number of furan rings is 1. The molecule has 120 valence electrons. The van der Waals surface area contributed by atoms with Crippen LogP contribution in [0.1, 0.15) is 16.1 Å². The van der Waals surface area contributed by atoms with Gasteiger partial charge in [-0.05, 0) is 17.7 Å². The topological polar surface area (TPSA) is 53.8 Å². The molecule has 0 atom stereocenters. The fourth-order valence-electron chi connectivity index (χ4n) is 2.76. The van der Waals surface area contributed by atoms with Crippen molar-refractivity contribution >= 4 is 11.7 Å². The van der Waals surface area contributed by atoms with Gasteiger partial charge in [-0.25, -0.2) is 0 Å². The Bertz CT molecular complexity index is 644. The molecule has 1 fully saturated rings. The highest BCUT2D eigenvalue weighted by Gasteiger charge is 2.23. The van der Waals surface area contributed by atoms with Crippen LogP contribution in [0.25, 0.3) is 0 Å². The summed E-state index contributed by atoms with van der Waals surface area (Å²) in [6.45, 7) is 3.10. The van der Waals surface area contributed by atoms with E-state index < -0.39 is 0 Å². The minimum absolute atomic E-state index is 0.0148. The summed E-state index contributed by atoms with van der Waals surface area (Å²) in [5, 5.41) is 0. The van der Waals surface area contributed by atoms with Crippen LogP contribution < -0.4 is 0 Å². The molecule has 0 bridgehead atoms. The molecule has 1 aliphatic heterocycles. The highest BCUT2D eigenvalue weighted by Crippen LogP contribution is 2.09. The van der Waals surface area contributed by atoms with Gasteiger partial charge >= 0.3 is 0 Å². The van der Waals surface area contributed by atoms with Crippen molar-refractivity contribution in [3.8, 4) is 0 Å². The highest BCUT2D eigenvalue weighted by atomic mass is 16.3. The molecule has 0 aliphatic carbocycles. The molecule has 0 radical (unpaired) electrons. The summed E-state index contributed by atoms with van der Waals surface area (Å²) in [4.78, 5) is 28.3. The lowest BCUT2D eigenvalue weighted by molar-refractivity contribution is -0.132. The number of Topliss-reactive ketones (excluding diaryl/α,β-unsaturated/α-hetero) is 1. The summed E-state index contributed by atoms with van der Waals surface area (Å²) in [5.74, 6) is 0.528. The number of ketones is 1. The van der Waals surface area contributed by atoms with Crippen molar-refractivity contribution in [3.05, 3.63) is 60.1 Å². The molecule has 0 unspecified atom stereocenters. The van der Waals surface area contributed by atoms with Gasteiger partial charge in [0.2, 0.25) is 11.7 Å². The molecule has 5 nitrogen and oxygen atoms in total. The number of amides is 1. The molecule has 5 heteroatoms. The quantitative estimate of drug-likeness (QED) is 0.791. The van der Waals surface area contributed by atoms with E-state index in [9.17, 15) is 9.59 Å². The average molecular weight is 312 g/mol. The maximum Gasteiger partial charge on any atom is 0.227 e. The van der Waals surface area contributed by atoms with Crippen LogP contribution in [0.5, 0.6) is 0 Å². The number of hydrogen-bond acceptors (Lipinski definition) is 4. The molecule has 3 rings (SSSR count). The van der Waals surface area contributed by atoms with Crippen LogP contribution in [-0.2, 0) is 11.2 Å². The summed E-state index contributed by atoms with van der Waals surface area (Å²) in [5.41, 5.74) is 1.04. The monoisotopic (exact) mass is 312 g/mol. The molecule has 1 saturated heterocycles. The van der Waals surface area contributed by atoms with Gasteiger partial charge in [0, 0.05) is 26.2 Å². The van der Waals surface area contributed by atoms with Crippen molar-refractivity contribution in [1.82, 2.24) is 9.80 Å². The van der Waals surface area contributed by atoms with E-state index in [1.165, 1.54) is 6.26 Å². The number of hydrogen-bond donors (Lipinski definition) is 0. The molecule has 23 heavy (non-hydrogen) atoms. The Balaban J connectivity index is 1.46. The molecular formula is C18H20N2O3. The van der Waals surface area contributed by atoms with Crippen LogP contribution in [0.15, 0.2) is 53.1 Å². The Morgan fingerprint density at radius 3 is 2.35 bits per heavy atom. The largest absolute Gasteiger partial charge is 0.461 e. The van der Waals surface area contributed by atoms with Crippen molar-refractivity contribution in [2.75, 3.05) is 32.7 Å². The minimum atomic E-state index is -0.0148. The summed E-state index contributed by atoms with van der Waals surface area (Å²) >= 11 is 0. The molecule has 0 N–H and O–H groups in total. The third-order valence-corrected chi connectivity index (χ3v) is 4.09. The van der Waals surface area contributed by atoms with Gasteiger partial charge in [-0.15, -0.1) is 0 Å². The van der Waals surface area contributed by atoms with Crippen molar-refractivity contribution in [2.24, 2.45) is 0 Å². The number of carbonyl (C=O) groups excluding carboxylic acids is 2. The van der Waals surface area contributed by atoms with Crippen LogP contribution in [0.3, 0.4) is 0 Å². The van der Waals surface area contributed by atoms with Gasteiger partial charge in [-0.3, -0.25) is 14.5 Å². The van der Waals surface area contributed by atoms with E-state index in [-0.39, 0.29) is 11.7 Å². The molecule has 1 aliphatic rings. The Labute approximate surface area is 135 Å². The standard InChI is InChI=1S/C18H20N2O3/c21-16(17-7-4-12-23-17)14-19-8-10-20(11-9-19)18(22)13-15-5-2-1-3-6-15/h1-7,12H,8-11,13-14H2. The van der Waals surface area contributed by atoms with Gasteiger partial charge in [0.05, 0.1) is 19.2 Å². The first kappa shape index (κ1) is 15.5. The van der Waals surface area contributed by atoms with Crippen LogP contribution in [0, 0.1) is 0 Å². The molecule has 0 spiro atoms. The second-order valence-corrected chi connectivity index (χ2v) is 5.72. The fourth-order valence-corrected chi connectivity index (χ4v) is 2.76. The van der Waals surface area contributed by atoms with E-state index in [2.05, 4.69) is 4.90 Å². The Morgan fingerprint density at radius 2 is 1.70 bits per heavy atom. The number of nitrogens with zero attached hydrogens (tertiary/aromatic N) is 2. The summed E-state index contributed by atoms with van der Waals surface area (Å²) in [6, 6.07) is 13.2. The zero-order valence-electron chi connectivity index (χ0n) is 13.0. The molecule has 2 heterocycles. The molecular weight excluding hydrogens is 292 g/mol. The van der Waals surface area contributed by atoms with Crippen molar-refractivity contribution < 1.29 is 14.0 Å². The Hall–Kier alpha value is -2.40. The van der Waals surface area contributed by atoms with Gasteiger partial charge in [-0.1, -0.05) is 30.3 Å². The molecule has 2 aromatic rings. The fraction of sp³-hybridized carbons (Fsp3) is 0.333. The summed E-state index contributed by atoms with van der Waals surface area (Å²) < 4.78 is 5.12. The van der Waals surface area contributed by atoms with Gasteiger partial charge in [0.25, 0.3) is 0 Å². The Kier molecular flexibility index (Phi) is 4.88. The zero-order chi connectivity index (χ0) is 16.1. The third-order valence-electron chi connectivity index (χ3n) is 4.09. The van der Waals surface area contributed by atoms with Crippen molar-refractivity contribution in [2.45, 2.75) is 6.42 Å². The first-order chi connectivity index (χ1) is 11.2. The predicted octanol–water partition coefficient (Wildman–Crippen LogP) is 1.85. The molecule has 1 aromatic carbocycles. The van der Waals surface area contributed by atoms with E-state index in [0.29, 0.717) is 44.9 Å². The second kappa shape index (κ2) is 7.24. The van der Waals surface area contributed by atoms with Gasteiger partial charge in [-0.2, -0.15) is 0 Å². The molecule has 1 amide bonds. The van der Waals surface area contributed by atoms with Gasteiger partial charge < -0.3 is 9.32 Å². The first-order valence-electron chi connectivity index (χ1n) is 7.83. The zero-order valence-corrected chi connectivity index (χ0v) is 13.0. The predicted molar refractivity (Wildman–Crippen MR) is 86.2 cm³/mol. The van der Waals surface area contributed by atoms with E-state index >= 15 is 0 Å². The first-order valence-corrected chi connectivity index (χ1v) is 7.83. The van der Waals surface area contributed by atoms with Crippen molar-refractivity contribution in [1.29, 1.82) is 0 Å². The van der Waals surface area contributed by atoms with Crippen molar-refractivity contribution in [3.63, 3.8) is 0 Å². The van der Waals surface area contributed by atoms with Crippen LogP contribution in [0.4, 0.5) is 0 Å². The van der Waals surface area contributed by atoms with Crippen LogP contribution in [0.2, 0.25) is 0 Å². The normalized spacial score (nSPS) is 15.6. The maximum atomic E-state index is 12.3. The third kappa shape index (κ3) is 4.07. The lowest BCUT2D eigenvalue weighted by Gasteiger charge is -2.34. The summed E-state index contributed by atoms with van der Waals surface area (Å²) in [7, 11) is 0. The minimum Gasteiger partial charge on any atom is -0.461 e. The summed E-state index contributed by atoms with van der Waals surface area (Å²) in [6.07, 6.45) is 1.94.